The molecule has 0 bridgehead atoms. The van der Waals surface area contributed by atoms with Crippen LogP contribution in [0.15, 0.2) is 16.9 Å². The van der Waals surface area contributed by atoms with E-state index in [4.69, 9.17) is 15.5 Å². The van der Waals surface area contributed by atoms with Gasteiger partial charge >= 0.3 is 5.97 Å². The van der Waals surface area contributed by atoms with Crippen LogP contribution < -0.4 is 21.9 Å². The molecule has 15 heteroatoms. The molecule has 252 valence electrons. The molecule has 6 rings (SSSR count). The van der Waals surface area contributed by atoms with E-state index in [1.807, 2.05) is 19.2 Å². The standard InChI is InChI=1S/C23H19FN2O4.C6H10N3O4.C2H6.Fm/c1-10-11-4-3-5-12-13-8-26-18(20(13)25-17(19(11)12)7-16(10)24)6-15-14(21(26)27)9-30-22(28)23(15,2)29;7-5(11)2-13-4-9-6(12)1-8-3-10;1-2;/h6-7,29H,3-5,8-9H2,1-2H3;1-2,4H2,(H2,7,11)(H,8,10)(H,9,12);1-2H3;/q;-1;;. The molecule has 4 heterocycles. The maximum atomic E-state index is 14.6. The second-order valence-electron chi connectivity index (χ2n) is 10.6. The zero-order valence-electron chi connectivity index (χ0n) is 25.8. The molecule has 1 unspecified atom stereocenters. The number of nitrogens with two attached hydrogens (primary N) is 1. The van der Waals surface area contributed by atoms with Crippen LogP contribution >= 0.6 is 0 Å². The number of primary amides is 1. The van der Waals surface area contributed by atoms with Crippen molar-refractivity contribution in [2.24, 2.45) is 5.73 Å². The van der Waals surface area contributed by atoms with Crippen LogP contribution in [0.25, 0.3) is 22.3 Å². The Kier molecular flexibility index (Phi) is 10.6. The molecule has 1 aromatic carbocycles. The molecule has 46 heavy (non-hydrogen) atoms. The maximum absolute atomic E-state index is 14.6. The van der Waals surface area contributed by atoms with Gasteiger partial charge in [0.05, 0.1) is 35.6 Å². The maximum Gasteiger partial charge on any atom is 0.342 e. The van der Waals surface area contributed by atoms with Crippen molar-refractivity contribution in [3.63, 3.8) is 0 Å². The number of amides is 3. The average molecular weight is 882 g/mol. The van der Waals surface area contributed by atoms with Gasteiger partial charge < -0.3 is 40.3 Å². The number of aryl methyl sites for hydroxylation is 2. The number of ether oxygens (including phenoxy) is 2. The Labute approximate surface area is 257 Å². The fourth-order valence-electron chi connectivity index (χ4n) is 5.73. The van der Waals surface area contributed by atoms with Gasteiger partial charge in [-0.3, -0.25) is 14.4 Å². The van der Waals surface area contributed by atoms with E-state index in [-0.39, 0.29) is 49.0 Å². The number of aromatic nitrogens is 2. The van der Waals surface area contributed by atoms with Crippen LogP contribution in [-0.2, 0) is 60.2 Å². The van der Waals surface area contributed by atoms with Gasteiger partial charge in [0.15, 0.2) is 5.60 Å². The summed E-state index contributed by atoms with van der Waals surface area (Å²) in [6.07, 6.45) is 3.91. The largest absolute Gasteiger partial charge is 0.522 e. The molecule has 1 aliphatic carbocycles. The third-order valence-corrected chi connectivity index (χ3v) is 7.84. The molecule has 2 aliphatic heterocycles. The van der Waals surface area contributed by atoms with Crippen molar-refractivity contribution in [2.75, 3.05) is 19.9 Å². The van der Waals surface area contributed by atoms with Gasteiger partial charge in [0.1, 0.15) is 25.8 Å². The van der Waals surface area contributed by atoms with Gasteiger partial charge in [0.2, 0.25) is 11.8 Å². The number of aliphatic hydroxyl groups is 1. The molecule has 2 aromatic heterocycles. The molecule has 0 saturated heterocycles. The van der Waals surface area contributed by atoms with Crippen LogP contribution in [0.1, 0.15) is 60.6 Å². The number of fused-ring (bicyclic) bond motifs is 5. The van der Waals surface area contributed by atoms with E-state index < -0.39 is 23.4 Å². The van der Waals surface area contributed by atoms with E-state index in [0.717, 1.165) is 41.3 Å². The van der Waals surface area contributed by atoms with Crippen molar-refractivity contribution < 1.29 is 38.1 Å². The first-order valence-corrected chi connectivity index (χ1v) is 14.5. The van der Waals surface area contributed by atoms with Crippen LogP contribution in [0.2, 0.25) is 0 Å². The number of pyridine rings is 2. The van der Waals surface area contributed by atoms with Crippen LogP contribution in [0.4, 0.5) is 4.39 Å². The second-order valence-corrected chi connectivity index (χ2v) is 10.6. The summed E-state index contributed by atoms with van der Waals surface area (Å²) in [5, 5.41) is 16.0. The summed E-state index contributed by atoms with van der Waals surface area (Å²) in [6.45, 7) is 6.80. The minimum atomic E-state index is -1.90. The van der Waals surface area contributed by atoms with Crippen LogP contribution in [0, 0.1) is 12.7 Å². The van der Waals surface area contributed by atoms with Crippen molar-refractivity contribution in [1.29, 1.82) is 0 Å². The first-order chi connectivity index (χ1) is 21.4. The van der Waals surface area contributed by atoms with E-state index in [1.54, 1.807) is 17.6 Å². The zero-order chi connectivity index (χ0) is 33.1. The summed E-state index contributed by atoms with van der Waals surface area (Å²) in [4.78, 5) is 60.5. The minimum Gasteiger partial charge on any atom is -0.522 e. The van der Waals surface area contributed by atoms with Gasteiger partial charge in [-0.1, -0.05) is 13.8 Å². The van der Waals surface area contributed by atoms with Crippen molar-refractivity contribution in [3.05, 3.63) is 61.7 Å². The van der Waals surface area contributed by atoms with Crippen LogP contribution in [0.3, 0.4) is 0 Å². The Hall–Kier alpha value is -5.69. The Morgan fingerprint density at radius 3 is 2.57 bits per heavy atom. The molecule has 1 atom stereocenters. The normalized spacial score (nSPS) is 16.5. The number of cyclic esters (lactones) is 1. The number of hydrogen-bond acceptors (Lipinski definition) is 9. The first-order valence-electron chi connectivity index (χ1n) is 14.5. The summed E-state index contributed by atoms with van der Waals surface area (Å²) in [7, 11) is 0. The van der Waals surface area contributed by atoms with Gasteiger partial charge in [0, 0.05) is 22.6 Å². The molecule has 0 spiro atoms. The van der Waals surface area contributed by atoms with Crippen molar-refractivity contribution in [2.45, 2.75) is 65.7 Å². The fraction of sp³-hybridized carbons (Fsp3) is 0.419. The van der Waals surface area contributed by atoms with Gasteiger partial charge in [0.25, 0.3) is 5.56 Å². The van der Waals surface area contributed by atoms with Crippen LogP contribution in [0.5, 0.6) is 0 Å². The summed E-state index contributed by atoms with van der Waals surface area (Å²) in [6, 6.07) is 3.14. The molecule has 3 aromatic rings. The molecule has 0 saturated carbocycles. The van der Waals surface area contributed by atoms with E-state index in [0.29, 0.717) is 29.0 Å². The Balaban J connectivity index is 0.000000309. The summed E-state index contributed by atoms with van der Waals surface area (Å²) in [5.41, 5.74) is 8.65. The molecule has 3 aliphatic rings. The van der Waals surface area contributed by atoms with E-state index >= 15 is 0 Å². The molecule has 0 fully saturated rings. The number of nitrogens with one attached hydrogen (secondary N) is 2. The summed E-state index contributed by atoms with van der Waals surface area (Å²) in [5.74, 6) is -2.10. The minimum absolute atomic E-state index is 0. The third kappa shape index (κ3) is 6.26. The van der Waals surface area contributed by atoms with Gasteiger partial charge in [-0.2, -0.15) is 6.41 Å². The Morgan fingerprint density at radius 2 is 1.89 bits per heavy atom. The smallest absolute Gasteiger partial charge is 0.342 e. The van der Waals surface area contributed by atoms with Gasteiger partial charge in [-0.05, 0) is 55.9 Å². The molecular formula is C31H35FFmN5O8-. The second kappa shape index (κ2) is 13.9. The monoisotopic (exact) mass is 881 g/mol. The first kappa shape index (κ1) is 34.8. The number of carbonyl (C=O) groups is 3. The number of carbonyl (C=O) groups excluding carboxylic acids is 4. The zero-order valence-corrected chi connectivity index (χ0v) is 28.2. The summed E-state index contributed by atoms with van der Waals surface area (Å²) < 4.78 is 25.8. The van der Waals surface area contributed by atoms with Gasteiger partial charge in [-0.15, -0.1) is 0 Å². The van der Waals surface area contributed by atoms with Crippen molar-refractivity contribution >= 4 is 35.1 Å². The van der Waals surface area contributed by atoms with Crippen molar-refractivity contribution in [1.82, 2.24) is 20.2 Å². The Bertz CT molecular complexity index is 1760. The SMILES string of the molecule is CC.Cc1c(F)cc2nc3c(c4c2c1CCC4)Cn1c-3cc2c(c1=O)COC(=O)C2(C)O.NC(=O)COCNC(=O)CN[C-]=O.[Fm]. The topological polar surface area (TPSA) is 192 Å². The van der Waals surface area contributed by atoms with Crippen LogP contribution in [-0.4, -0.2) is 58.7 Å². The summed E-state index contributed by atoms with van der Waals surface area (Å²) >= 11 is 0. The predicted octanol–water partition coefficient (Wildman–Crippen LogP) is 0.871. The molecule has 3 amide bonds. The number of benzene rings is 1. The molecular weight excluding hydrogens is 846 g/mol. The van der Waals surface area contributed by atoms with E-state index in [9.17, 15) is 33.5 Å². The number of esters is 1. The quantitative estimate of drug-likeness (QED) is 0.0687. The number of nitrogens with zero attached hydrogens (tertiary/aromatic N) is 2. The Morgan fingerprint density at radius 1 is 1.20 bits per heavy atom. The average Bonchev–Trinajstić information content (AvgIpc) is 3.39. The molecule has 0 radical (unpaired) electrons. The predicted molar refractivity (Wildman–Crippen MR) is 160 cm³/mol. The molecule has 13 nitrogen and oxygen atoms in total. The molecule has 5 N–H and O–H groups in total. The number of hydrogen-bond donors (Lipinski definition) is 4. The fourth-order valence-corrected chi connectivity index (χ4v) is 5.73. The van der Waals surface area contributed by atoms with Gasteiger partial charge in [-0.25, -0.2) is 14.2 Å². The third-order valence-electron chi connectivity index (χ3n) is 7.84. The van der Waals surface area contributed by atoms with E-state index in [2.05, 4.69) is 10.1 Å². The number of halogens is 1. The number of rotatable bonds is 7. The van der Waals surface area contributed by atoms with Crippen molar-refractivity contribution in [3.8, 4) is 11.4 Å². The van der Waals surface area contributed by atoms with E-state index in [1.165, 1.54) is 19.4 Å².